The van der Waals surface area contributed by atoms with E-state index in [2.05, 4.69) is 0 Å². The Bertz CT molecular complexity index is 461. The zero-order valence-corrected chi connectivity index (χ0v) is 10.1. The minimum Gasteiger partial charge on any atom is -0.457 e. The van der Waals surface area contributed by atoms with Crippen molar-refractivity contribution in [1.29, 1.82) is 0 Å². The number of hydrogen-bond donors (Lipinski definition) is 1. The van der Waals surface area contributed by atoms with Crippen molar-refractivity contribution in [3.63, 3.8) is 0 Å². The topological polar surface area (TPSA) is 105 Å². The fourth-order valence-corrected chi connectivity index (χ4v) is 1.35. The number of nitrogen functional groups attached to an aromatic ring is 1. The molecule has 0 aliphatic rings. The normalized spacial score (nSPS) is 11.9. The van der Waals surface area contributed by atoms with Crippen LogP contribution >= 0.6 is 0 Å². The third-order valence-electron chi connectivity index (χ3n) is 2.18. The fourth-order valence-electron chi connectivity index (χ4n) is 1.35. The number of nitrogens with zero attached hydrogens (tertiary/aromatic N) is 1. The molecule has 18 heavy (non-hydrogen) atoms. The lowest BCUT2D eigenvalue weighted by Gasteiger charge is -2.12. The molecule has 2 N–H and O–H groups in total. The number of rotatable bonds is 5. The monoisotopic (exact) mass is 254 g/mol. The average Bonchev–Trinajstić information content (AvgIpc) is 2.29. The number of carbonyl (C=O) groups is 1. The molecule has 0 heterocycles. The van der Waals surface area contributed by atoms with Gasteiger partial charge in [-0.05, 0) is 13.0 Å². The molecule has 0 radical (unpaired) electrons. The summed E-state index contributed by atoms with van der Waals surface area (Å²) in [5.74, 6) is -0.708. The highest BCUT2D eigenvalue weighted by Gasteiger charge is 2.18. The molecular formula is C11H14N2O5. The number of non-ortho nitro benzene ring substituents is 1. The summed E-state index contributed by atoms with van der Waals surface area (Å²) in [6.07, 6.45) is -0.457. The number of methoxy groups -OCH3 is 1. The molecule has 1 aromatic carbocycles. The SMILES string of the molecule is COCC(C)OC(=O)c1cc([N+](=O)[O-])ccc1N. The molecule has 0 aliphatic carbocycles. The summed E-state index contributed by atoms with van der Waals surface area (Å²) in [4.78, 5) is 21.7. The third kappa shape index (κ3) is 3.42. The van der Waals surface area contributed by atoms with Gasteiger partial charge in [0, 0.05) is 24.9 Å². The smallest absolute Gasteiger partial charge is 0.340 e. The van der Waals surface area contributed by atoms with Gasteiger partial charge in [0.25, 0.3) is 5.69 Å². The van der Waals surface area contributed by atoms with Gasteiger partial charge in [0.1, 0.15) is 6.10 Å². The average molecular weight is 254 g/mol. The molecule has 0 bridgehead atoms. The third-order valence-corrected chi connectivity index (χ3v) is 2.18. The Hall–Kier alpha value is -2.15. The van der Waals surface area contributed by atoms with E-state index in [1.165, 1.54) is 19.2 Å². The molecule has 1 atom stereocenters. The lowest BCUT2D eigenvalue weighted by molar-refractivity contribution is -0.384. The highest BCUT2D eigenvalue weighted by atomic mass is 16.6. The van der Waals surface area contributed by atoms with Crippen LogP contribution in [0.1, 0.15) is 17.3 Å². The van der Waals surface area contributed by atoms with Crippen molar-refractivity contribution >= 4 is 17.3 Å². The van der Waals surface area contributed by atoms with Gasteiger partial charge < -0.3 is 15.2 Å². The van der Waals surface area contributed by atoms with Crippen LogP contribution in [0.5, 0.6) is 0 Å². The Morgan fingerprint density at radius 3 is 2.78 bits per heavy atom. The summed E-state index contributed by atoms with van der Waals surface area (Å²) in [6.45, 7) is 1.88. The molecule has 0 aliphatic heterocycles. The molecule has 0 fully saturated rings. The van der Waals surface area contributed by atoms with Gasteiger partial charge in [-0.1, -0.05) is 0 Å². The van der Waals surface area contributed by atoms with Gasteiger partial charge in [-0.3, -0.25) is 10.1 Å². The van der Waals surface area contributed by atoms with Gasteiger partial charge in [0.2, 0.25) is 0 Å². The second-order valence-electron chi connectivity index (χ2n) is 3.70. The second kappa shape index (κ2) is 5.97. The van der Waals surface area contributed by atoms with Gasteiger partial charge in [0.15, 0.2) is 0 Å². The summed E-state index contributed by atoms with van der Waals surface area (Å²) in [6, 6.07) is 3.62. The Balaban J connectivity index is 2.91. The number of anilines is 1. The van der Waals surface area contributed by atoms with Crippen molar-refractivity contribution in [3.05, 3.63) is 33.9 Å². The highest BCUT2D eigenvalue weighted by Crippen LogP contribution is 2.20. The molecule has 0 saturated heterocycles. The number of ether oxygens (including phenoxy) is 2. The number of nitro groups is 1. The molecule has 1 unspecified atom stereocenters. The quantitative estimate of drug-likeness (QED) is 0.368. The zero-order valence-electron chi connectivity index (χ0n) is 10.1. The van der Waals surface area contributed by atoms with Crippen LogP contribution in [0.15, 0.2) is 18.2 Å². The molecule has 7 nitrogen and oxygen atoms in total. The summed E-state index contributed by atoms with van der Waals surface area (Å²) >= 11 is 0. The van der Waals surface area contributed by atoms with Crippen molar-refractivity contribution < 1.29 is 19.2 Å². The molecular weight excluding hydrogens is 240 g/mol. The number of nitrogens with two attached hydrogens (primary N) is 1. The predicted octanol–water partition coefficient (Wildman–Crippen LogP) is 1.37. The number of benzene rings is 1. The largest absolute Gasteiger partial charge is 0.457 e. The molecule has 0 spiro atoms. The van der Waals surface area contributed by atoms with Crippen molar-refractivity contribution in [2.75, 3.05) is 19.5 Å². The number of hydrogen-bond acceptors (Lipinski definition) is 6. The first kappa shape index (κ1) is 13.9. The first-order valence-electron chi connectivity index (χ1n) is 5.19. The summed E-state index contributed by atoms with van der Waals surface area (Å²) in [5, 5.41) is 10.6. The van der Waals surface area contributed by atoms with E-state index in [1.54, 1.807) is 6.92 Å². The van der Waals surface area contributed by atoms with Gasteiger partial charge in [-0.15, -0.1) is 0 Å². The van der Waals surface area contributed by atoms with E-state index in [9.17, 15) is 14.9 Å². The lowest BCUT2D eigenvalue weighted by atomic mass is 10.1. The molecule has 0 aromatic heterocycles. The first-order valence-corrected chi connectivity index (χ1v) is 5.19. The van der Waals surface area contributed by atoms with E-state index in [0.717, 1.165) is 6.07 Å². The van der Waals surface area contributed by atoms with Crippen LogP contribution in [0.25, 0.3) is 0 Å². The standard InChI is InChI=1S/C11H14N2O5/c1-7(6-17-2)18-11(14)9-5-8(13(15)16)3-4-10(9)12/h3-5,7H,6,12H2,1-2H3. The minimum atomic E-state index is -0.708. The van der Waals surface area contributed by atoms with E-state index in [4.69, 9.17) is 15.2 Å². The van der Waals surface area contributed by atoms with Gasteiger partial charge in [0.05, 0.1) is 17.1 Å². The van der Waals surface area contributed by atoms with Crippen LogP contribution in [-0.2, 0) is 9.47 Å². The highest BCUT2D eigenvalue weighted by molar-refractivity contribution is 5.95. The summed E-state index contributed by atoms with van der Waals surface area (Å²) in [5.41, 5.74) is 5.49. The molecule has 7 heteroatoms. The predicted molar refractivity (Wildman–Crippen MR) is 64.3 cm³/mol. The summed E-state index contributed by atoms with van der Waals surface area (Å²) < 4.78 is 9.84. The second-order valence-corrected chi connectivity index (χ2v) is 3.70. The van der Waals surface area contributed by atoms with Crippen LogP contribution in [-0.4, -0.2) is 30.7 Å². The zero-order chi connectivity index (χ0) is 13.7. The first-order chi connectivity index (χ1) is 8.45. The van der Waals surface area contributed by atoms with Gasteiger partial charge in [-0.25, -0.2) is 4.79 Å². The fraction of sp³-hybridized carbons (Fsp3) is 0.364. The lowest BCUT2D eigenvalue weighted by Crippen LogP contribution is -2.20. The number of nitro benzene ring substituents is 1. The van der Waals surface area contributed by atoms with Crippen molar-refractivity contribution in [3.8, 4) is 0 Å². The molecule has 0 amide bonds. The summed E-state index contributed by atoms with van der Waals surface area (Å²) in [7, 11) is 1.48. The van der Waals surface area contributed by atoms with Crippen molar-refractivity contribution in [1.82, 2.24) is 0 Å². The molecule has 1 rings (SSSR count). The van der Waals surface area contributed by atoms with Gasteiger partial charge in [-0.2, -0.15) is 0 Å². The minimum absolute atomic E-state index is 0.0212. The van der Waals surface area contributed by atoms with E-state index in [-0.39, 0.29) is 23.5 Å². The van der Waals surface area contributed by atoms with E-state index in [1.807, 2.05) is 0 Å². The number of esters is 1. The van der Waals surface area contributed by atoms with Crippen LogP contribution < -0.4 is 5.73 Å². The van der Waals surface area contributed by atoms with Crippen LogP contribution in [0, 0.1) is 10.1 Å². The Kier molecular flexibility index (Phi) is 4.61. The van der Waals surface area contributed by atoms with Crippen molar-refractivity contribution in [2.45, 2.75) is 13.0 Å². The van der Waals surface area contributed by atoms with E-state index < -0.39 is 17.0 Å². The van der Waals surface area contributed by atoms with E-state index in [0.29, 0.717) is 0 Å². The maximum Gasteiger partial charge on any atom is 0.340 e. The van der Waals surface area contributed by atoms with Crippen LogP contribution in [0.4, 0.5) is 11.4 Å². The molecule has 98 valence electrons. The molecule has 0 saturated carbocycles. The van der Waals surface area contributed by atoms with Crippen molar-refractivity contribution in [2.24, 2.45) is 0 Å². The Morgan fingerprint density at radius 2 is 2.22 bits per heavy atom. The van der Waals surface area contributed by atoms with Gasteiger partial charge >= 0.3 is 5.97 Å². The maximum atomic E-state index is 11.7. The molecule has 1 aromatic rings. The Labute approximate surface area is 104 Å². The van der Waals surface area contributed by atoms with E-state index >= 15 is 0 Å². The number of carbonyl (C=O) groups excluding carboxylic acids is 1. The Morgan fingerprint density at radius 1 is 1.56 bits per heavy atom. The van der Waals surface area contributed by atoms with Crippen LogP contribution in [0.3, 0.4) is 0 Å². The van der Waals surface area contributed by atoms with Crippen LogP contribution in [0.2, 0.25) is 0 Å². The maximum absolute atomic E-state index is 11.7.